The molecule has 15 heteroatoms. The first-order valence-corrected chi connectivity index (χ1v) is 20.9. The quantitative estimate of drug-likeness (QED) is 0.0463. The van der Waals surface area contributed by atoms with E-state index in [-0.39, 0.29) is 50.0 Å². The maximum atomic E-state index is 14.2. The second kappa shape index (κ2) is 18.4. The summed E-state index contributed by atoms with van der Waals surface area (Å²) in [6.07, 6.45) is 1.74. The molecule has 0 fully saturated rings. The van der Waals surface area contributed by atoms with Crippen molar-refractivity contribution in [3.63, 3.8) is 0 Å². The third-order valence-electron chi connectivity index (χ3n) is 10.1. The number of aliphatic hydroxyl groups is 1. The van der Waals surface area contributed by atoms with Gasteiger partial charge in [0.25, 0.3) is 11.8 Å². The van der Waals surface area contributed by atoms with E-state index in [0.29, 0.717) is 69.5 Å². The smallest absolute Gasteiger partial charge is 0.255 e. The standard InChI is InChI=1S/C47H42N6O8S/c1-28-21-35(25-38-43(28)50-26-39(46(48)57)44(38)51-32-13-8-14-33(24-32)61-2)62(59,60)34-15-7-11-30(23-34)47(58)52-31-12-6-10-29(22-31)9-4-3-5-20-49-27-41(55)36-16-18-40(54)45-37(36)17-19-42(56)53-45/h6-8,10-19,21-26,41,49,54-55H,3,5,20,27H2,1-2H3,(H2,48,57)(H,50,51)(H,52,58)(H,53,56)/t41-/m0/s1. The van der Waals surface area contributed by atoms with Crippen molar-refractivity contribution < 1.29 is 33.0 Å². The Kier molecular flexibility index (Phi) is 12.6. The van der Waals surface area contributed by atoms with Gasteiger partial charge >= 0.3 is 0 Å². The highest BCUT2D eigenvalue weighted by molar-refractivity contribution is 7.91. The van der Waals surface area contributed by atoms with Crippen LogP contribution in [0.25, 0.3) is 21.8 Å². The van der Waals surface area contributed by atoms with Crippen LogP contribution < -0.4 is 32.0 Å². The number of rotatable bonds is 14. The molecule has 0 aliphatic carbocycles. The van der Waals surface area contributed by atoms with Crippen molar-refractivity contribution in [2.24, 2.45) is 5.73 Å². The molecule has 2 amide bonds. The van der Waals surface area contributed by atoms with Gasteiger partial charge in [-0.25, -0.2) is 8.42 Å². The van der Waals surface area contributed by atoms with Gasteiger partial charge in [-0.2, -0.15) is 0 Å². The minimum atomic E-state index is -4.19. The first-order chi connectivity index (χ1) is 29.8. The molecule has 314 valence electrons. The zero-order valence-corrected chi connectivity index (χ0v) is 34.5. The molecular weight excluding hydrogens is 809 g/mol. The number of aryl methyl sites for hydroxylation is 1. The fourth-order valence-corrected chi connectivity index (χ4v) is 8.37. The van der Waals surface area contributed by atoms with E-state index in [1.165, 1.54) is 61.8 Å². The Morgan fingerprint density at radius 2 is 1.71 bits per heavy atom. The van der Waals surface area contributed by atoms with Gasteiger partial charge in [0.15, 0.2) is 0 Å². The van der Waals surface area contributed by atoms with Gasteiger partial charge in [-0.3, -0.25) is 19.4 Å². The zero-order chi connectivity index (χ0) is 44.0. The number of carbonyl (C=O) groups excluding carboxylic acids is 2. The van der Waals surface area contributed by atoms with E-state index in [4.69, 9.17) is 10.5 Å². The van der Waals surface area contributed by atoms with Crippen molar-refractivity contribution in [2.75, 3.05) is 30.8 Å². The summed E-state index contributed by atoms with van der Waals surface area (Å²) in [5, 5.41) is 31.0. The number of anilines is 3. The average molecular weight is 851 g/mol. The molecule has 7 aromatic rings. The van der Waals surface area contributed by atoms with Gasteiger partial charge in [-0.05, 0) is 104 Å². The maximum Gasteiger partial charge on any atom is 0.255 e. The molecule has 8 N–H and O–H groups in total. The molecule has 5 aromatic carbocycles. The molecule has 0 aliphatic heterocycles. The predicted molar refractivity (Wildman–Crippen MR) is 238 cm³/mol. The lowest BCUT2D eigenvalue weighted by Gasteiger charge is -2.16. The Balaban J connectivity index is 1.00. The number of aromatic amines is 1. The summed E-state index contributed by atoms with van der Waals surface area (Å²) in [4.78, 5) is 44.5. The summed E-state index contributed by atoms with van der Waals surface area (Å²) in [6, 6.07) is 28.7. The fraction of sp³-hybridized carbons (Fsp3) is 0.149. The summed E-state index contributed by atoms with van der Waals surface area (Å²) in [6.45, 7) is 2.56. The minimum absolute atomic E-state index is 0.0625. The van der Waals surface area contributed by atoms with Crippen molar-refractivity contribution in [3.8, 4) is 23.3 Å². The summed E-state index contributed by atoms with van der Waals surface area (Å²) in [5.41, 5.74) is 9.41. The van der Waals surface area contributed by atoms with E-state index in [1.54, 1.807) is 61.5 Å². The molecule has 0 radical (unpaired) electrons. The number of nitrogens with one attached hydrogen (secondary N) is 4. The first-order valence-electron chi connectivity index (χ1n) is 19.5. The number of ether oxygens (including phenoxy) is 1. The van der Waals surface area contributed by atoms with E-state index in [1.807, 2.05) is 6.07 Å². The molecule has 1 atom stereocenters. The molecule has 0 aliphatic rings. The number of phenols is 1. The number of amides is 2. The normalized spacial score (nSPS) is 11.7. The van der Waals surface area contributed by atoms with Gasteiger partial charge in [0.1, 0.15) is 11.5 Å². The number of sulfone groups is 1. The van der Waals surface area contributed by atoms with Crippen LogP contribution in [0.4, 0.5) is 17.1 Å². The summed E-state index contributed by atoms with van der Waals surface area (Å²) >= 11 is 0. The number of unbranched alkanes of at least 4 members (excludes halogenated alkanes) is 1. The van der Waals surface area contributed by atoms with Crippen molar-refractivity contribution in [1.29, 1.82) is 0 Å². The van der Waals surface area contributed by atoms with E-state index in [2.05, 4.69) is 37.8 Å². The monoisotopic (exact) mass is 850 g/mol. The lowest BCUT2D eigenvalue weighted by atomic mass is 10.0. The van der Waals surface area contributed by atoms with Gasteiger partial charge in [0.05, 0.1) is 45.3 Å². The maximum absolute atomic E-state index is 14.2. The number of primary amides is 1. The van der Waals surface area contributed by atoms with Crippen LogP contribution in [0.2, 0.25) is 0 Å². The lowest BCUT2D eigenvalue weighted by molar-refractivity contribution is 0.0998. The minimum Gasteiger partial charge on any atom is -0.506 e. The van der Waals surface area contributed by atoms with Crippen LogP contribution in [0, 0.1) is 18.8 Å². The molecule has 0 bridgehead atoms. The largest absolute Gasteiger partial charge is 0.506 e. The van der Waals surface area contributed by atoms with Crippen LogP contribution in [0.5, 0.6) is 11.5 Å². The van der Waals surface area contributed by atoms with Crippen LogP contribution in [0.15, 0.2) is 130 Å². The highest BCUT2D eigenvalue weighted by Crippen LogP contribution is 2.35. The number of nitrogens with zero attached hydrogens (tertiary/aromatic N) is 1. The number of aromatic hydroxyl groups is 1. The summed E-state index contributed by atoms with van der Waals surface area (Å²) in [7, 11) is -2.67. The second-order valence-corrected chi connectivity index (χ2v) is 16.3. The van der Waals surface area contributed by atoms with Crippen LogP contribution in [0.3, 0.4) is 0 Å². The van der Waals surface area contributed by atoms with Crippen molar-refractivity contribution in [1.82, 2.24) is 15.3 Å². The van der Waals surface area contributed by atoms with Crippen molar-refractivity contribution in [3.05, 3.63) is 154 Å². The molecule has 0 spiro atoms. The molecule has 0 unspecified atom stereocenters. The molecule has 2 aromatic heterocycles. The summed E-state index contributed by atoms with van der Waals surface area (Å²) < 4.78 is 33.7. The SMILES string of the molecule is COc1cccc(Nc2c(C(N)=O)cnc3c(C)cc(S(=O)(=O)c4cccc(C(=O)Nc5cccc(C#CCCCNC[C@H](O)c6ccc(O)c7[nH]c(=O)ccc67)c5)c4)cc23)c1. The number of hydrogen-bond acceptors (Lipinski definition) is 11. The predicted octanol–water partition coefficient (Wildman–Crippen LogP) is 6.48. The number of pyridine rings is 2. The van der Waals surface area contributed by atoms with E-state index in [9.17, 15) is 33.0 Å². The third-order valence-corrected chi connectivity index (χ3v) is 11.8. The van der Waals surface area contributed by atoms with Crippen molar-refractivity contribution in [2.45, 2.75) is 35.7 Å². The number of hydrogen-bond donors (Lipinski definition) is 7. The molecule has 14 nitrogen and oxygen atoms in total. The van der Waals surface area contributed by atoms with Gasteiger partial charge in [0, 0.05) is 64.6 Å². The van der Waals surface area contributed by atoms with E-state index >= 15 is 0 Å². The number of aliphatic hydroxyl groups excluding tert-OH is 1. The van der Waals surface area contributed by atoms with E-state index in [0.717, 1.165) is 0 Å². The van der Waals surface area contributed by atoms with Crippen LogP contribution in [-0.4, -0.2) is 60.6 Å². The van der Waals surface area contributed by atoms with Gasteiger partial charge in [0.2, 0.25) is 15.4 Å². The summed E-state index contributed by atoms with van der Waals surface area (Å²) in [5.74, 6) is 5.44. The molecule has 7 rings (SSSR count). The lowest BCUT2D eigenvalue weighted by Crippen LogP contribution is -2.22. The third kappa shape index (κ3) is 9.43. The molecule has 0 saturated heterocycles. The number of fused-ring (bicyclic) bond motifs is 2. The van der Waals surface area contributed by atoms with Gasteiger partial charge in [-0.15, -0.1) is 0 Å². The fourth-order valence-electron chi connectivity index (χ4n) is 6.95. The van der Waals surface area contributed by atoms with Crippen LogP contribution >= 0.6 is 0 Å². The highest BCUT2D eigenvalue weighted by atomic mass is 32.2. The zero-order valence-electron chi connectivity index (χ0n) is 33.7. The average Bonchev–Trinajstić information content (AvgIpc) is 3.26. The van der Waals surface area contributed by atoms with E-state index < -0.39 is 27.8 Å². The number of nitrogens with two attached hydrogens (primary N) is 1. The molecular formula is C47H42N6O8S. The van der Waals surface area contributed by atoms with Crippen LogP contribution in [-0.2, 0) is 9.84 Å². The number of phenolic OH excluding ortho intramolecular Hbond substituents is 1. The second-order valence-electron chi connectivity index (χ2n) is 14.4. The molecule has 62 heavy (non-hydrogen) atoms. The molecule has 2 heterocycles. The Morgan fingerprint density at radius 1 is 0.919 bits per heavy atom. The van der Waals surface area contributed by atoms with Gasteiger partial charge in [-0.1, -0.05) is 36.1 Å². The number of methoxy groups -OCH3 is 1. The number of H-pyrrole nitrogens is 1. The first kappa shape index (κ1) is 42.6. The Bertz CT molecular complexity index is 3100. The van der Waals surface area contributed by atoms with Crippen LogP contribution in [0.1, 0.15) is 56.4 Å². The Morgan fingerprint density at radius 3 is 2.52 bits per heavy atom. The molecule has 0 saturated carbocycles. The number of aromatic nitrogens is 2. The highest BCUT2D eigenvalue weighted by Gasteiger charge is 2.24. The van der Waals surface area contributed by atoms with Crippen molar-refractivity contribution >= 4 is 60.5 Å². The number of carbonyl (C=O) groups is 2. The number of benzene rings is 5. The topological polar surface area (TPSA) is 226 Å². The Labute approximate surface area is 356 Å². The van der Waals surface area contributed by atoms with Gasteiger partial charge < -0.3 is 41.6 Å². The Hall–Kier alpha value is -7.51.